The standard InChI is InChI=1S/C27H28ClF2N7S/c1-15-22(34-14-38-15)18(21-12-37(36-35-21)27(5-6-27)25(29)30)7-16-8-19-23(33-13-26(2,3)4)17(10-31)11-32-24(19)20(28)9-16/h8-9,11-12,14,18,25H,5-7,13H2,1-4H3,(H,32,33)/t18-/m1/s1. The zero-order valence-electron chi connectivity index (χ0n) is 21.6. The van der Waals surface area contributed by atoms with Crippen LogP contribution in [0.15, 0.2) is 30.0 Å². The second-order valence-electron chi connectivity index (χ2n) is 11.1. The molecular weight excluding hydrogens is 528 g/mol. The van der Waals surface area contributed by atoms with Crippen molar-refractivity contribution in [3.63, 3.8) is 0 Å². The Morgan fingerprint density at radius 1 is 1.26 bits per heavy atom. The highest BCUT2D eigenvalue weighted by atomic mass is 35.5. The third-order valence-electron chi connectivity index (χ3n) is 6.95. The predicted molar refractivity (Wildman–Crippen MR) is 145 cm³/mol. The third kappa shape index (κ3) is 4.97. The smallest absolute Gasteiger partial charge is 0.263 e. The topological polar surface area (TPSA) is 92.3 Å². The Hall–Kier alpha value is -3.16. The highest BCUT2D eigenvalue weighted by Gasteiger charge is 2.54. The van der Waals surface area contributed by atoms with E-state index < -0.39 is 12.0 Å². The summed E-state index contributed by atoms with van der Waals surface area (Å²) in [5.74, 6) is -0.310. The number of halogens is 3. The van der Waals surface area contributed by atoms with Gasteiger partial charge in [-0.1, -0.05) is 37.6 Å². The Morgan fingerprint density at radius 2 is 2.03 bits per heavy atom. The number of pyridine rings is 1. The molecule has 0 spiro atoms. The number of nitrogens with zero attached hydrogens (tertiary/aromatic N) is 6. The molecule has 1 N–H and O–H groups in total. The molecule has 198 valence electrons. The normalized spacial score (nSPS) is 15.6. The van der Waals surface area contributed by atoms with E-state index in [4.69, 9.17) is 11.6 Å². The van der Waals surface area contributed by atoms with Crippen molar-refractivity contribution in [1.29, 1.82) is 5.26 Å². The SMILES string of the molecule is Cc1scnc1[C@H](Cc1cc(Cl)c2ncc(C#N)c(NCC(C)(C)C)c2c1)c1cn(C2(C(F)F)CC2)nn1. The fourth-order valence-electron chi connectivity index (χ4n) is 4.62. The fraction of sp³-hybridized carbons (Fsp3) is 0.444. The Bertz CT molecular complexity index is 1530. The first-order valence-electron chi connectivity index (χ1n) is 12.4. The van der Waals surface area contributed by atoms with E-state index in [9.17, 15) is 14.0 Å². The molecule has 0 unspecified atom stereocenters. The molecule has 3 heterocycles. The molecule has 0 radical (unpaired) electrons. The van der Waals surface area contributed by atoms with Crippen LogP contribution in [-0.4, -0.2) is 37.9 Å². The number of thiazole rings is 1. The first kappa shape index (κ1) is 26.4. The number of nitrogens with one attached hydrogen (secondary N) is 1. The summed E-state index contributed by atoms with van der Waals surface area (Å²) < 4.78 is 28.8. The quantitative estimate of drug-likeness (QED) is 0.260. The van der Waals surface area contributed by atoms with Crippen LogP contribution in [0, 0.1) is 23.7 Å². The monoisotopic (exact) mass is 555 g/mol. The van der Waals surface area contributed by atoms with Crippen molar-refractivity contribution in [3.8, 4) is 6.07 Å². The molecule has 1 aromatic carbocycles. The molecule has 0 saturated heterocycles. The van der Waals surface area contributed by atoms with E-state index in [1.54, 1.807) is 11.7 Å². The lowest BCUT2D eigenvalue weighted by Crippen LogP contribution is -2.26. The maximum absolute atomic E-state index is 13.7. The highest BCUT2D eigenvalue weighted by Crippen LogP contribution is 2.48. The molecule has 1 atom stereocenters. The van der Waals surface area contributed by atoms with Crippen molar-refractivity contribution >= 4 is 39.5 Å². The van der Waals surface area contributed by atoms with E-state index in [0.717, 1.165) is 21.5 Å². The van der Waals surface area contributed by atoms with E-state index in [0.29, 0.717) is 53.3 Å². The number of anilines is 1. The van der Waals surface area contributed by atoms with Gasteiger partial charge in [0, 0.05) is 23.0 Å². The molecule has 3 aromatic heterocycles. The van der Waals surface area contributed by atoms with Gasteiger partial charge in [-0.25, -0.2) is 18.4 Å². The van der Waals surface area contributed by atoms with Crippen LogP contribution in [0.2, 0.25) is 5.02 Å². The van der Waals surface area contributed by atoms with Crippen LogP contribution < -0.4 is 5.32 Å². The summed E-state index contributed by atoms with van der Waals surface area (Å²) >= 11 is 8.23. The summed E-state index contributed by atoms with van der Waals surface area (Å²) in [4.78, 5) is 10.1. The first-order valence-corrected chi connectivity index (χ1v) is 13.6. The molecule has 1 aliphatic carbocycles. The van der Waals surface area contributed by atoms with Crippen LogP contribution in [0.5, 0.6) is 0 Å². The van der Waals surface area contributed by atoms with E-state index >= 15 is 0 Å². The minimum Gasteiger partial charge on any atom is -0.383 e. The lowest BCUT2D eigenvalue weighted by Gasteiger charge is -2.21. The van der Waals surface area contributed by atoms with Crippen molar-refractivity contribution in [2.75, 3.05) is 11.9 Å². The van der Waals surface area contributed by atoms with Crippen LogP contribution in [0.4, 0.5) is 14.5 Å². The number of aryl methyl sites for hydroxylation is 1. The number of rotatable bonds is 8. The van der Waals surface area contributed by atoms with Gasteiger partial charge in [0.1, 0.15) is 11.6 Å². The van der Waals surface area contributed by atoms with Gasteiger partial charge in [0.25, 0.3) is 6.43 Å². The van der Waals surface area contributed by atoms with Gasteiger partial charge < -0.3 is 5.32 Å². The number of fused-ring (bicyclic) bond motifs is 1. The van der Waals surface area contributed by atoms with Crippen LogP contribution in [0.25, 0.3) is 10.9 Å². The van der Waals surface area contributed by atoms with Gasteiger partial charge in [-0.3, -0.25) is 4.98 Å². The van der Waals surface area contributed by atoms with Gasteiger partial charge in [-0.05, 0) is 49.3 Å². The highest BCUT2D eigenvalue weighted by molar-refractivity contribution is 7.09. The van der Waals surface area contributed by atoms with Crippen molar-refractivity contribution < 1.29 is 8.78 Å². The molecule has 0 bridgehead atoms. The van der Waals surface area contributed by atoms with Crippen molar-refractivity contribution in [1.82, 2.24) is 25.0 Å². The maximum atomic E-state index is 13.7. The van der Waals surface area contributed by atoms with Crippen LogP contribution >= 0.6 is 22.9 Å². The van der Waals surface area contributed by atoms with Crippen LogP contribution in [0.3, 0.4) is 0 Å². The molecule has 1 fully saturated rings. The number of hydrogen-bond donors (Lipinski definition) is 1. The Balaban J connectivity index is 1.57. The number of nitriles is 1. The van der Waals surface area contributed by atoms with E-state index in [2.05, 4.69) is 52.4 Å². The number of benzene rings is 1. The van der Waals surface area contributed by atoms with Crippen molar-refractivity contribution in [2.24, 2.45) is 5.41 Å². The summed E-state index contributed by atoms with van der Waals surface area (Å²) in [5.41, 5.74) is 4.53. The molecular formula is C27H28ClF2N7S. The average molecular weight is 556 g/mol. The number of hydrogen-bond acceptors (Lipinski definition) is 7. The molecule has 38 heavy (non-hydrogen) atoms. The van der Waals surface area contributed by atoms with E-state index in [1.165, 1.54) is 22.2 Å². The van der Waals surface area contributed by atoms with Gasteiger partial charge in [0.15, 0.2) is 0 Å². The van der Waals surface area contributed by atoms with Gasteiger partial charge in [0.2, 0.25) is 0 Å². The Kier molecular flexibility index (Phi) is 6.86. The molecule has 11 heteroatoms. The largest absolute Gasteiger partial charge is 0.383 e. The van der Waals surface area contributed by atoms with Crippen molar-refractivity contribution in [3.05, 3.63) is 62.5 Å². The Labute approximate surface area is 228 Å². The third-order valence-corrected chi connectivity index (χ3v) is 8.01. The predicted octanol–water partition coefficient (Wildman–Crippen LogP) is 6.70. The number of alkyl halides is 2. The van der Waals surface area contributed by atoms with Gasteiger partial charge in [-0.15, -0.1) is 16.4 Å². The number of aromatic nitrogens is 5. The second-order valence-corrected chi connectivity index (χ2v) is 12.6. The average Bonchev–Trinajstić information content (AvgIpc) is 3.33. The Morgan fingerprint density at radius 3 is 2.63 bits per heavy atom. The summed E-state index contributed by atoms with van der Waals surface area (Å²) in [7, 11) is 0. The second kappa shape index (κ2) is 9.86. The van der Waals surface area contributed by atoms with E-state index in [-0.39, 0.29) is 11.3 Å². The molecule has 1 aliphatic rings. The molecule has 0 amide bonds. The maximum Gasteiger partial charge on any atom is 0.263 e. The van der Waals surface area contributed by atoms with Crippen LogP contribution in [-0.2, 0) is 12.0 Å². The molecule has 7 nitrogen and oxygen atoms in total. The molecule has 4 aromatic rings. The summed E-state index contributed by atoms with van der Waals surface area (Å²) in [6.45, 7) is 8.97. The zero-order chi connectivity index (χ0) is 27.2. The summed E-state index contributed by atoms with van der Waals surface area (Å²) in [6.07, 6.45) is 1.90. The summed E-state index contributed by atoms with van der Waals surface area (Å²) in [6, 6.07) is 6.08. The summed E-state index contributed by atoms with van der Waals surface area (Å²) in [5, 5.41) is 22.9. The molecule has 0 aliphatic heterocycles. The molecule has 5 rings (SSSR count). The minimum atomic E-state index is -2.50. The minimum absolute atomic E-state index is 0.0140. The van der Waals surface area contributed by atoms with E-state index in [1.807, 2.05) is 19.1 Å². The first-order chi connectivity index (χ1) is 18.0. The van der Waals surface area contributed by atoms with Gasteiger partial charge in [0.05, 0.1) is 50.8 Å². The van der Waals surface area contributed by atoms with Crippen LogP contribution in [0.1, 0.15) is 66.9 Å². The zero-order valence-corrected chi connectivity index (χ0v) is 23.2. The van der Waals surface area contributed by atoms with Gasteiger partial charge in [-0.2, -0.15) is 5.26 Å². The van der Waals surface area contributed by atoms with Crippen molar-refractivity contribution in [2.45, 2.75) is 64.8 Å². The fourth-order valence-corrected chi connectivity index (χ4v) is 5.55. The lowest BCUT2D eigenvalue weighted by atomic mass is 9.91. The molecule has 1 saturated carbocycles. The van der Waals surface area contributed by atoms with Gasteiger partial charge >= 0.3 is 0 Å². The lowest BCUT2D eigenvalue weighted by molar-refractivity contribution is 0.0593.